The molecule has 7 nitrogen and oxygen atoms in total. The lowest BCUT2D eigenvalue weighted by molar-refractivity contribution is -0.119. The highest BCUT2D eigenvalue weighted by atomic mass is 16.2. The van der Waals surface area contributed by atoms with Gasteiger partial charge in [0.2, 0.25) is 11.9 Å². The van der Waals surface area contributed by atoms with Crippen LogP contribution in [0.25, 0.3) is 0 Å². The van der Waals surface area contributed by atoms with Crippen LogP contribution in [-0.2, 0) is 4.79 Å². The zero-order valence-electron chi connectivity index (χ0n) is 9.68. The fourth-order valence-corrected chi connectivity index (χ4v) is 1.43. The first kappa shape index (κ1) is 11.6. The van der Waals surface area contributed by atoms with Gasteiger partial charge < -0.3 is 10.2 Å². The van der Waals surface area contributed by atoms with Crippen molar-refractivity contribution in [1.29, 1.82) is 0 Å². The number of carbonyl (C=O) groups is 1. The average Bonchev–Trinajstić information content (AvgIpc) is 3.12. The number of rotatable bonds is 5. The summed E-state index contributed by atoms with van der Waals surface area (Å²) in [7, 11) is 1.80. The fraction of sp³-hybridized carbons (Fsp3) is 0.500. The molecule has 1 aliphatic carbocycles. The number of hydrogen-bond acceptors (Lipinski definition) is 6. The van der Waals surface area contributed by atoms with Gasteiger partial charge in [0.05, 0.1) is 6.54 Å². The lowest BCUT2D eigenvalue weighted by Crippen LogP contribution is -2.36. The molecule has 0 saturated heterocycles. The summed E-state index contributed by atoms with van der Waals surface area (Å²) in [6.07, 6.45) is 3.77. The molecule has 1 saturated carbocycles. The Kier molecular flexibility index (Phi) is 3.38. The van der Waals surface area contributed by atoms with Gasteiger partial charge in [-0.05, 0) is 18.9 Å². The van der Waals surface area contributed by atoms with Crippen LogP contribution in [0.3, 0.4) is 0 Å². The van der Waals surface area contributed by atoms with Crippen LogP contribution in [0, 0.1) is 0 Å². The molecule has 0 bridgehead atoms. The molecule has 0 aliphatic heterocycles. The van der Waals surface area contributed by atoms with Gasteiger partial charge >= 0.3 is 0 Å². The summed E-state index contributed by atoms with van der Waals surface area (Å²) in [4.78, 5) is 21.4. The van der Waals surface area contributed by atoms with Crippen molar-refractivity contribution in [2.75, 3.05) is 23.9 Å². The third-order valence-corrected chi connectivity index (χ3v) is 2.48. The van der Waals surface area contributed by atoms with E-state index in [4.69, 9.17) is 5.84 Å². The molecule has 1 amide bonds. The molecule has 1 fully saturated rings. The summed E-state index contributed by atoms with van der Waals surface area (Å²) in [5.41, 5.74) is 2.37. The molecule has 0 unspecified atom stereocenters. The maximum absolute atomic E-state index is 11.6. The molecule has 92 valence electrons. The largest absolute Gasteiger partial charge is 0.352 e. The number of anilines is 2. The standard InChI is InChI=1S/C10H16N6O/c1-16(6-9(17)13-7-2-3-7)8-4-5-12-10(14-8)15-11/h4-5,7H,2-3,6,11H2,1H3,(H,13,17)(H,12,14,15). The van der Waals surface area contributed by atoms with E-state index in [1.807, 2.05) is 0 Å². The van der Waals surface area contributed by atoms with E-state index >= 15 is 0 Å². The summed E-state index contributed by atoms with van der Waals surface area (Å²) in [6.45, 7) is 0.275. The molecule has 7 heteroatoms. The second-order valence-corrected chi connectivity index (χ2v) is 4.08. The Morgan fingerprint density at radius 3 is 3.06 bits per heavy atom. The van der Waals surface area contributed by atoms with Crippen molar-refractivity contribution >= 4 is 17.7 Å². The Labute approximate surface area is 99.4 Å². The summed E-state index contributed by atoms with van der Waals surface area (Å²) in [6, 6.07) is 2.10. The number of likely N-dealkylation sites (N-methyl/N-ethyl adjacent to an activating group) is 1. The third-order valence-electron chi connectivity index (χ3n) is 2.48. The Balaban J connectivity index is 1.92. The van der Waals surface area contributed by atoms with Gasteiger partial charge in [-0.2, -0.15) is 4.98 Å². The molecule has 0 spiro atoms. The maximum atomic E-state index is 11.6. The van der Waals surface area contributed by atoms with E-state index in [0.29, 0.717) is 17.8 Å². The van der Waals surface area contributed by atoms with Crippen molar-refractivity contribution < 1.29 is 4.79 Å². The van der Waals surface area contributed by atoms with Gasteiger partial charge in [0, 0.05) is 19.3 Å². The number of aromatic nitrogens is 2. The monoisotopic (exact) mass is 236 g/mol. The maximum Gasteiger partial charge on any atom is 0.239 e. The second kappa shape index (κ2) is 4.96. The predicted octanol–water partition coefficient (Wildman–Crippen LogP) is -0.523. The summed E-state index contributed by atoms with van der Waals surface area (Å²) >= 11 is 0. The van der Waals surface area contributed by atoms with Crippen LogP contribution < -0.4 is 21.5 Å². The topological polar surface area (TPSA) is 96.2 Å². The Hall–Kier alpha value is -1.89. The van der Waals surface area contributed by atoms with Crippen molar-refractivity contribution in [3.63, 3.8) is 0 Å². The lowest BCUT2D eigenvalue weighted by atomic mass is 10.4. The minimum absolute atomic E-state index is 0.0101. The van der Waals surface area contributed by atoms with Crippen molar-refractivity contribution in [2.24, 2.45) is 5.84 Å². The highest BCUT2D eigenvalue weighted by Crippen LogP contribution is 2.18. The molecule has 0 aromatic carbocycles. The molecule has 17 heavy (non-hydrogen) atoms. The van der Waals surface area contributed by atoms with Gasteiger partial charge in [0.25, 0.3) is 0 Å². The number of nitrogen functional groups attached to an aromatic ring is 1. The van der Waals surface area contributed by atoms with Gasteiger partial charge in [0.15, 0.2) is 0 Å². The predicted molar refractivity (Wildman–Crippen MR) is 64.3 cm³/mol. The second-order valence-electron chi connectivity index (χ2n) is 4.08. The van der Waals surface area contributed by atoms with E-state index in [2.05, 4.69) is 20.7 Å². The molecule has 1 aliphatic rings. The Morgan fingerprint density at radius 2 is 2.41 bits per heavy atom. The summed E-state index contributed by atoms with van der Waals surface area (Å²) < 4.78 is 0. The van der Waals surface area contributed by atoms with E-state index in [1.165, 1.54) is 0 Å². The van der Waals surface area contributed by atoms with Crippen LogP contribution in [0.15, 0.2) is 12.3 Å². The highest BCUT2D eigenvalue weighted by molar-refractivity contribution is 5.81. The molecule has 0 atom stereocenters. The summed E-state index contributed by atoms with van der Waals surface area (Å²) in [5.74, 6) is 6.21. The van der Waals surface area contributed by atoms with Crippen LogP contribution in [0.5, 0.6) is 0 Å². The fourth-order valence-electron chi connectivity index (χ4n) is 1.43. The normalized spacial score (nSPS) is 14.2. The van der Waals surface area contributed by atoms with Gasteiger partial charge in [-0.15, -0.1) is 0 Å². The zero-order chi connectivity index (χ0) is 12.3. The lowest BCUT2D eigenvalue weighted by Gasteiger charge is -2.17. The zero-order valence-corrected chi connectivity index (χ0v) is 9.68. The van der Waals surface area contributed by atoms with Crippen molar-refractivity contribution in [1.82, 2.24) is 15.3 Å². The third kappa shape index (κ3) is 3.28. The van der Waals surface area contributed by atoms with E-state index in [0.717, 1.165) is 12.8 Å². The molecular weight excluding hydrogens is 220 g/mol. The van der Waals surface area contributed by atoms with Crippen LogP contribution in [0.2, 0.25) is 0 Å². The van der Waals surface area contributed by atoms with E-state index < -0.39 is 0 Å². The van der Waals surface area contributed by atoms with E-state index in [9.17, 15) is 4.79 Å². The van der Waals surface area contributed by atoms with Crippen LogP contribution >= 0.6 is 0 Å². The number of carbonyl (C=O) groups excluding carboxylic acids is 1. The quantitative estimate of drug-likeness (QED) is 0.470. The number of nitrogens with zero attached hydrogens (tertiary/aromatic N) is 3. The van der Waals surface area contributed by atoms with Crippen LogP contribution in [0.1, 0.15) is 12.8 Å². The smallest absolute Gasteiger partial charge is 0.239 e. The number of hydrogen-bond donors (Lipinski definition) is 3. The minimum Gasteiger partial charge on any atom is -0.352 e. The molecular formula is C10H16N6O. The number of nitrogens with two attached hydrogens (primary N) is 1. The number of nitrogens with one attached hydrogen (secondary N) is 2. The first-order valence-electron chi connectivity index (χ1n) is 5.49. The van der Waals surface area contributed by atoms with Gasteiger partial charge in [0.1, 0.15) is 5.82 Å². The first-order valence-corrected chi connectivity index (χ1v) is 5.49. The SMILES string of the molecule is CN(CC(=O)NC1CC1)c1ccnc(NN)n1. The molecule has 1 heterocycles. The van der Waals surface area contributed by atoms with Crippen molar-refractivity contribution in [3.05, 3.63) is 12.3 Å². The molecule has 4 N–H and O–H groups in total. The molecule has 1 aromatic rings. The van der Waals surface area contributed by atoms with Gasteiger partial charge in [-0.25, -0.2) is 10.8 Å². The number of hydrazine groups is 1. The van der Waals surface area contributed by atoms with Crippen molar-refractivity contribution in [3.8, 4) is 0 Å². The number of amides is 1. The Bertz CT molecular complexity index is 406. The first-order chi connectivity index (χ1) is 8.19. The van der Waals surface area contributed by atoms with Crippen LogP contribution in [-0.4, -0.2) is 35.5 Å². The summed E-state index contributed by atoms with van der Waals surface area (Å²) in [5, 5.41) is 2.92. The average molecular weight is 236 g/mol. The van der Waals surface area contributed by atoms with E-state index in [-0.39, 0.29) is 12.5 Å². The molecule has 0 radical (unpaired) electrons. The molecule has 2 rings (SSSR count). The van der Waals surface area contributed by atoms with Crippen molar-refractivity contribution in [2.45, 2.75) is 18.9 Å². The highest BCUT2D eigenvalue weighted by Gasteiger charge is 2.23. The van der Waals surface area contributed by atoms with E-state index in [1.54, 1.807) is 24.2 Å². The molecule has 1 aromatic heterocycles. The van der Waals surface area contributed by atoms with Gasteiger partial charge in [-0.3, -0.25) is 10.2 Å². The Morgan fingerprint density at radius 1 is 1.65 bits per heavy atom. The van der Waals surface area contributed by atoms with Crippen LogP contribution in [0.4, 0.5) is 11.8 Å². The van der Waals surface area contributed by atoms with Gasteiger partial charge in [-0.1, -0.05) is 0 Å². The minimum atomic E-state index is 0.0101.